The third-order valence-corrected chi connectivity index (χ3v) is 4.18. The van der Waals surface area contributed by atoms with E-state index in [9.17, 15) is 14.0 Å². The van der Waals surface area contributed by atoms with Crippen LogP contribution in [-0.2, 0) is 9.59 Å². The number of rotatable bonds is 6. The van der Waals surface area contributed by atoms with Gasteiger partial charge in [-0.3, -0.25) is 14.5 Å². The number of nitrogens with zero attached hydrogens (tertiary/aromatic N) is 1. The van der Waals surface area contributed by atoms with Crippen molar-refractivity contribution in [3.63, 3.8) is 0 Å². The summed E-state index contributed by atoms with van der Waals surface area (Å²) in [6, 6.07) is 12.4. The Hall–Kier alpha value is -2.25. The highest BCUT2D eigenvalue weighted by molar-refractivity contribution is 9.10. The Morgan fingerprint density at radius 3 is 2.44 bits per heavy atom. The molecule has 2 aromatic carbocycles. The summed E-state index contributed by atoms with van der Waals surface area (Å²) in [4.78, 5) is 25.9. The molecule has 132 valence electrons. The van der Waals surface area contributed by atoms with Gasteiger partial charge in [0.25, 0.3) is 0 Å². The van der Waals surface area contributed by atoms with Crippen molar-refractivity contribution in [3.8, 4) is 0 Å². The molecule has 7 heteroatoms. The quantitative estimate of drug-likeness (QED) is 0.770. The monoisotopic (exact) mass is 407 g/mol. The van der Waals surface area contributed by atoms with Crippen molar-refractivity contribution in [2.45, 2.75) is 13.0 Å². The Kier molecular flexibility index (Phi) is 6.66. The van der Waals surface area contributed by atoms with Crippen molar-refractivity contribution < 1.29 is 14.0 Å². The highest BCUT2D eigenvalue weighted by Crippen LogP contribution is 2.15. The lowest BCUT2D eigenvalue weighted by Gasteiger charge is -2.23. The van der Waals surface area contributed by atoms with Crippen molar-refractivity contribution >= 4 is 39.1 Å². The maximum atomic E-state index is 13.1. The molecule has 0 aliphatic heterocycles. The number of anilines is 2. The van der Waals surface area contributed by atoms with Gasteiger partial charge >= 0.3 is 0 Å². The number of amides is 2. The molecule has 0 spiro atoms. The van der Waals surface area contributed by atoms with Crippen molar-refractivity contribution in [2.24, 2.45) is 0 Å². The summed E-state index contributed by atoms with van der Waals surface area (Å²) in [5.41, 5.74) is 1.06. The average molecular weight is 408 g/mol. The number of halogens is 2. The lowest BCUT2D eigenvalue weighted by molar-refractivity contribution is -0.122. The Labute approximate surface area is 154 Å². The number of hydrogen-bond donors (Lipinski definition) is 2. The third-order valence-electron chi connectivity index (χ3n) is 3.65. The fourth-order valence-corrected chi connectivity index (χ4v) is 2.37. The van der Waals surface area contributed by atoms with E-state index in [-0.39, 0.29) is 18.4 Å². The van der Waals surface area contributed by atoms with Gasteiger partial charge in [0.05, 0.1) is 12.6 Å². The highest BCUT2D eigenvalue weighted by Gasteiger charge is 2.20. The molecule has 2 rings (SSSR count). The molecule has 5 nitrogen and oxygen atoms in total. The highest BCUT2D eigenvalue weighted by atomic mass is 79.9. The second kappa shape index (κ2) is 8.73. The molecule has 2 amide bonds. The number of nitrogens with one attached hydrogen (secondary N) is 2. The zero-order valence-corrected chi connectivity index (χ0v) is 15.5. The van der Waals surface area contributed by atoms with E-state index in [4.69, 9.17) is 0 Å². The molecule has 0 fully saturated rings. The molecule has 0 saturated heterocycles. The zero-order valence-electron chi connectivity index (χ0n) is 13.9. The molecule has 25 heavy (non-hydrogen) atoms. The number of likely N-dealkylation sites (N-methyl/N-ethyl adjacent to an activating group) is 1. The molecular weight excluding hydrogens is 389 g/mol. The molecule has 2 aromatic rings. The van der Waals surface area contributed by atoms with E-state index in [1.165, 1.54) is 18.2 Å². The van der Waals surface area contributed by atoms with Crippen molar-refractivity contribution in [3.05, 3.63) is 58.8 Å². The van der Waals surface area contributed by atoms with Gasteiger partial charge < -0.3 is 10.6 Å². The standard InChI is InChI=1S/C18H19BrFN3O2/c1-12(18(25)22-15-8-6-13(19)7-9-15)23(2)11-17(24)21-16-5-3-4-14(20)10-16/h3-10,12H,11H2,1-2H3,(H,21,24)(H,22,25)/t12-/m0/s1. The second-order valence-electron chi connectivity index (χ2n) is 5.65. The van der Waals surface area contributed by atoms with E-state index < -0.39 is 11.9 Å². The first-order chi connectivity index (χ1) is 11.8. The van der Waals surface area contributed by atoms with Gasteiger partial charge in [-0.05, 0) is 56.4 Å². The van der Waals surface area contributed by atoms with Gasteiger partial charge in [-0.15, -0.1) is 0 Å². The molecule has 0 bridgehead atoms. The first-order valence-corrected chi connectivity index (χ1v) is 8.46. The molecule has 1 atom stereocenters. The normalized spacial score (nSPS) is 11.9. The van der Waals surface area contributed by atoms with Crippen LogP contribution in [0.15, 0.2) is 53.0 Å². The van der Waals surface area contributed by atoms with Crippen LogP contribution in [0, 0.1) is 5.82 Å². The van der Waals surface area contributed by atoms with Crippen LogP contribution in [-0.4, -0.2) is 36.3 Å². The minimum atomic E-state index is -0.512. The number of hydrogen-bond acceptors (Lipinski definition) is 3. The molecule has 0 radical (unpaired) electrons. The van der Waals surface area contributed by atoms with E-state index in [0.29, 0.717) is 11.4 Å². The van der Waals surface area contributed by atoms with Gasteiger partial charge in [-0.1, -0.05) is 22.0 Å². The van der Waals surface area contributed by atoms with Crippen LogP contribution in [0.4, 0.5) is 15.8 Å². The number of benzene rings is 2. The molecule has 0 saturated carbocycles. The minimum absolute atomic E-state index is 0.00539. The van der Waals surface area contributed by atoms with Crippen LogP contribution in [0.3, 0.4) is 0 Å². The molecule has 2 N–H and O–H groups in total. The Bertz CT molecular complexity index is 752. The summed E-state index contributed by atoms with van der Waals surface area (Å²) in [6.07, 6.45) is 0. The lowest BCUT2D eigenvalue weighted by atomic mass is 10.2. The van der Waals surface area contributed by atoms with Crippen molar-refractivity contribution in [2.75, 3.05) is 24.2 Å². The van der Waals surface area contributed by atoms with Crippen molar-refractivity contribution in [1.82, 2.24) is 4.90 Å². The smallest absolute Gasteiger partial charge is 0.241 e. The summed E-state index contributed by atoms with van der Waals surface area (Å²) in [6.45, 7) is 1.72. The molecule has 0 heterocycles. The predicted molar refractivity (Wildman–Crippen MR) is 99.9 cm³/mol. The van der Waals surface area contributed by atoms with Crippen LogP contribution in [0.2, 0.25) is 0 Å². The predicted octanol–water partition coefficient (Wildman–Crippen LogP) is 3.49. The van der Waals surface area contributed by atoms with Crippen LogP contribution in [0.25, 0.3) is 0 Å². The van der Waals surface area contributed by atoms with Gasteiger partial charge in [0.15, 0.2) is 0 Å². The second-order valence-corrected chi connectivity index (χ2v) is 6.56. The SMILES string of the molecule is C[C@@H](C(=O)Nc1ccc(Br)cc1)N(C)CC(=O)Nc1cccc(F)c1. The van der Waals surface area contributed by atoms with E-state index in [1.807, 2.05) is 12.1 Å². The van der Waals surface area contributed by atoms with Crippen LogP contribution in [0.5, 0.6) is 0 Å². The summed E-state index contributed by atoms with van der Waals surface area (Å²) in [5.74, 6) is -0.965. The van der Waals surface area contributed by atoms with Crippen LogP contribution >= 0.6 is 15.9 Å². The molecule has 0 aliphatic carbocycles. The van der Waals surface area contributed by atoms with Gasteiger partial charge in [0, 0.05) is 15.8 Å². The molecule has 0 unspecified atom stereocenters. The van der Waals surface area contributed by atoms with Crippen molar-refractivity contribution in [1.29, 1.82) is 0 Å². The van der Waals surface area contributed by atoms with Gasteiger partial charge in [0.2, 0.25) is 11.8 Å². The van der Waals surface area contributed by atoms with E-state index >= 15 is 0 Å². The van der Waals surface area contributed by atoms with E-state index in [1.54, 1.807) is 37.1 Å². The van der Waals surface area contributed by atoms with Crippen LogP contribution < -0.4 is 10.6 Å². The molecular formula is C18H19BrFN3O2. The third kappa shape index (κ3) is 5.95. The Balaban J connectivity index is 1.88. The van der Waals surface area contributed by atoms with E-state index in [0.717, 1.165) is 4.47 Å². The Morgan fingerprint density at radius 2 is 1.80 bits per heavy atom. The summed E-state index contributed by atoms with van der Waals surface area (Å²) < 4.78 is 14.0. The topological polar surface area (TPSA) is 61.4 Å². The average Bonchev–Trinajstić information content (AvgIpc) is 2.56. The molecule has 0 aromatic heterocycles. The fourth-order valence-electron chi connectivity index (χ4n) is 2.11. The van der Waals surface area contributed by atoms with E-state index in [2.05, 4.69) is 26.6 Å². The maximum Gasteiger partial charge on any atom is 0.241 e. The Morgan fingerprint density at radius 1 is 1.12 bits per heavy atom. The summed E-state index contributed by atoms with van der Waals surface area (Å²) in [5, 5.41) is 5.40. The fraction of sp³-hybridized carbons (Fsp3) is 0.222. The maximum absolute atomic E-state index is 13.1. The molecule has 0 aliphatic rings. The number of carbonyl (C=O) groups excluding carboxylic acids is 2. The largest absolute Gasteiger partial charge is 0.325 e. The zero-order chi connectivity index (χ0) is 18.4. The van der Waals surface area contributed by atoms with Crippen LogP contribution in [0.1, 0.15) is 6.92 Å². The van der Waals surface area contributed by atoms with Gasteiger partial charge in [-0.25, -0.2) is 4.39 Å². The van der Waals surface area contributed by atoms with Gasteiger partial charge in [-0.2, -0.15) is 0 Å². The number of carbonyl (C=O) groups is 2. The van der Waals surface area contributed by atoms with Gasteiger partial charge in [0.1, 0.15) is 5.82 Å². The first-order valence-electron chi connectivity index (χ1n) is 7.67. The first kappa shape index (κ1) is 19.1. The minimum Gasteiger partial charge on any atom is -0.325 e. The lowest BCUT2D eigenvalue weighted by Crippen LogP contribution is -2.43. The summed E-state index contributed by atoms with van der Waals surface area (Å²) in [7, 11) is 1.68. The summed E-state index contributed by atoms with van der Waals surface area (Å²) >= 11 is 3.33.